The first-order chi connectivity index (χ1) is 12.5. The summed E-state index contributed by atoms with van der Waals surface area (Å²) in [6, 6.07) is 12.8. The molecular formula is C18H18N4O3S. The van der Waals surface area contributed by atoms with E-state index in [1.807, 2.05) is 30.3 Å². The van der Waals surface area contributed by atoms with Gasteiger partial charge in [-0.3, -0.25) is 4.79 Å². The van der Waals surface area contributed by atoms with Crippen LogP contribution < -0.4 is 20.7 Å². The van der Waals surface area contributed by atoms with Crippen molar-refractivity contribution in [3.63, 3.8) is 0 Å². The van der Waals surface area contributed by atoms with E-state index in [0.717, 1.165) is 10.3 Å². The van der Waals surface area contributed by atoms with Crippen LogP contribution in [0.15, 0.2) is 42.5 Å². The Balaban J connectivity index is 1.74. The molecule has 0 bridgehead atoms. The highest BCUT2D eigenvalue weighted by Gasteiger charge is 2.13. The highest BCUT2D eigenvalue weighted by Crippen LogP contribution is 2.35. The molecule has 0 aliphatic heterocycles. The number of nitrogens with zero attached hydrogens (tertiary/aromatic N) is 1. The second kappa shape index (κ2) is 7.83. The molecular weight excluding hydrogens is 352 g/mol. The standard InChI is InChI=1S/C18H18N4O3S/c1-11(23)20-18-22-16-14(25-2)8-13(9-15(16)26-18)21-17(24)19-10-12-6-4-3-5-7-12/h3-9H,10H2,1-2H3,(H2,19,21,24)(H,20,22,23). The van der Waals surface area contributed by atoms with Gasteiger partial charge in [-0.25, -0.2) is 9.78 Å². The van der Waals surface area contributed by atoms with Gasteiger partial charge in [-0.2, -0.15) is 0 Å². The van der Waals surface area contributed by atoms with Crippen LogP contribution in [0.5, 0.6) is 5.75 Å². The minimum atomic E-state index is -0.318. The van der Waals surface area contributed by atoms with Gasteiger partial charge in [0.25, 0.3) is 0 Å². The van der Waals surface area contributed by atoms with Crippen LogP contribution in [0, 0.1) is 0 Å². The van der Waals surface area contributed by atoms with Crippen LogP contribution in [0.1, 0.15) is 12.5 Å². The number of hydrogen-bond donors (Lipinski definition) is 3. The van der Waals surface area contributed by atoms with Gasteiger partial charge in [0.05, 0.1) is 11.8 Å². The maximum Gasteiger partial charge on any atom is 0.319 e. The van der Waals surface area contributed by atoms with Crippen molar-refractivity contribution in [1.29, 1.82) is 0 Å². The van der Waals surface area contributed by atoms with E-state index in [4.69, 9.17) is 4.74 Å². The van der Waals surface area contributed by atoms with Crippen molar-refractivity contribution in [2.24, 2.45) is 0 Å². The predicted molar refractivity (Wildman–Crippen MR) is 103 cm³/mol. The van der Waals surface area contributed by atoms with Gasteiger partial charge in [0.2, 0.25) is 5.91 Å². The van der Waals surface area contributed by atoms with Gasteiger partial charge in [0, 0.05) is 25.2 Å². The van der Waals surface area contributed by atoms with E-state index in [-0.39, 0.29) is 11.9 Å². The van der Waals surface area contributed by atoms with Crippen LogP contribution in [-0.2, 0) is 11.3 Å². The van der Waals surface area contributed by atoms with E-state index in [0.29, 0.717) is 28.6 Å². The SMILES string of the molecule is COc1cc(NC(=O)NCc2ccccc2)cc2sc(NC(C)=O)nc12. The average Bonchev–Trinajstić information content (AvgIpc) is 3.01. The molecule has 0 fully saturated rings. The van der Waals surface area contributed by atoms with Gasteiger partial charge in [-0.15, -0.1) is 0 Å². The Morgan fingerprint density at radius 2 is 1.92 bits per heavy atom. The van der Waals surface area contributed by atoms with Crippen LogP contribution in [0.4, 0.5) is 15.6 Å². The van der Waals surface area contributed by atoms with Crippen LogP contribution in [-0.4, -0.2) is 24.0 Å². The Kier molecular flexibility index (Phi) is 5.33. The summed E-state index contributed by atoms with van der Waals surface area (Å²) < 4.78 is 6.15. The molecule has 0 aliphatic rings. The molecule has 3 amide bonds. The van der Waals surface area contributed by atoms with Crippen LogP contribution >= 0.6 is 11.3 Å². The van der Waals surface area contributed by atoms with E-state index in [1.165, 1.54) is 25.4 Å². The fourth-order valence-corrected chi connectivity index (χ4v) is 3.35. The Labute approximate surface area is 154 Å². The minimum absolute atomic E-state index is 0.193. The van der Waals surface area contributed by atoms with Gasteiger partial charge in [0.1, 0.15) is 11.3 Å². The van der Waals surface area contributed by atoms with Gasteiger partial charge in [-0.05, 0) is 11.6 Å². The number of carbonyl (C=O) groups is 2. The average molecular weight is 370 g/mol. The highest BCUT2D eigenvalue weighted by molar-refractivity contribution is 7.22. The van der Waals surface area contributed by atoms with Gasteiger partial charge in [-0.1, -0.05) is 41.7 Å². The van der Waals surface area contributed by atoms with E-state index in [1.54, 1.807) is 12.1 Å². The van der Waals surface area contributed by atoms with E-state index in [9.17, 15) is 9.59 Å². The lowest BCUT2D eigenvalue weighted by molar-refractivity contribution is -0.114. The summed E-state index contributed by atoms with van der Waals surface area (Å²) in [5, 5.41) is 8.74. The van der Waals surface area contributed by atoms with Crippen LogP contribution in [0.2, 0.25) is 0 Å². The smallest absolute Gasteiger partial charge is 0.319 e. The zero-order chi connectivity index (χ0) is 18.5. The van der Waals surface area contributed by atoms with Crippen molar-refractivity contribution in [2.75, 3.05) is 17.7 Å². The maximum atomic E-state index is 12.1. The topological polar surface area (TPSA) is 92.4 Å². The van der Waals surface area contributed by atoms with E-state index >= 15 is 0 Å². The van der Waals surface area contributed by atoms with Crippen molar-refractivity contribution in [3.8, 4) is 5.75 Å². The molecule has 1 aromatic heterocycles. The zero-order valence-electron chi connectivity index (χ0n) is 14.3. The fraction of sp³-hybridized carbons (Fsp3) is 0.167. The Bertz CT molecular complexity index is 940. The number of thiazole rings is 1. The Morgan fingerprint density at radius 3 is 2.62 bits per heavy atom. The third-order valence-electron chi connectivity index (χ3n) is 3.52. The second-order valence-corrected chi connectivity index (χ2v) is 6.55. The molecule has 3 N–H and O–H groups in total. The molecule has 0 atom stereocenters. The number of methoxy groups -OCH3 is 1. The number of amides is 3. The Hall–Kier alpha value is -3.13. The van der Waals surface area contributed by atoms with Crippen molar-refractivity contribution in [1.82, 2.24) is 10.3 Å². The maximum absolute atomic E-state index is 12.1. The number of nitrogens with one attached hydrogen (secondary N) is 3. The molecule has 26 heavy (non-hydrogen) atoms. The minimum Gasteiger partial charge on any atom is -0.494 e. The quantitative estimate of drug-likeness (QED) is 0.640. The molecule has 1 heterocycles. The number of rotatable bonds is 5. The number of benzene rings is 2. The van der Waals surface area contributed by atoms with Gasteiger partial charge < -0.3 is 20.7 Å². The van der Waals surface area contributed by atoms with Crippen molar-refractivity contribution in [2.45, 2.75) is 13.5 Å². The summed E-state index contributed by atoms with van der Waals surface area (Å²) in [5.41, 5.74) is 2.23. The molecule has 2 aromatic carbocycles. The first-order valence-electron chi connectivity index (χ1n) is 7.90. The third kappa shape index (κ3) is 4.28. The summed E-state index contributed by atoms with van der Waals surface area (Å²) in [4.78, 5) is 27.7. The predicted octanol–water partition coefficient (Wildman–Crippen LogP) is 3.59. The fourth-order valence-electron chi connectivity index (χ4n) is 2.38. The van der Waals surface area contributed by atoms with Gasteiger partial charge >= 0.3 is 6.03 Å². The molecule has 0 spiro atoms. The highest BCUT2D eigenvalue weighted by atomic mass is 32.1. The summed E-state index contributed by atoms with van der Waals surface area (Å²) in [7, 11) is 1.53. The molecule has 0 saturated heterocycles. The number of anilines is 2. The lowest BCUT2D eigenvalue weighted by atomic mass is 10.2. The zero-order valence-corrected chi connectivity index (χ0v) is 15.1. The number of ether oxygens (including phenoxy) is 1. The van der Waals surface area contributed by atoms with Gasteiger partial charge in [0.15, 0.2) is 5.13 Å². The number of urea groups is 1. The van der Waals surface area contributed by atoms with Crippen molar-refractivity contribution >= 4 is 44.3 Å². The van der Waals surface area contributed by atoms with Crippen molar-refractivity contribution in [3.05, 3.63) is 48.0 Å². The number of fused-ring (bicyclic) bond motifs is 1. The largest absolute Gasteiger partial charge is 0.494 e. The van der Waals surface area contributed by atoms with Crippen LogP contribution in [0.3, 0.4) is 0 Å². The summed E-state index contributed by atoms with van der Waals surface area (Å²) in [6.07, 6.45) is 0. The molecule has 0 saturated carbocycles. The summed E-state index contributed by atoms with van der Waals surface area (Å²) in [6.45, 7) is 1.85. The second-order valence-electron chi connectivity index (χ2n) is 5.52. The lowest BCUT2D eigenvalue weighted by Gasteiger charge is -2.09. The monoisotopic (exact) mass is 370 g/mol. The molecule has 8 heteroatoms. The summed E-state index contributed by atoms with van der Waals surface area (Å²) in [5.74, 6) is 0.329. The first-order valence-corrected chi connectivity index (χ1v) is 8.72. The molecule has 7 nitrogen and oxygen atoms in total. The molecule has 3 rings (SSSR count). The number of hydrogen-bond acceptors (Lipinski definition) is 5. The molecule has 134 valence electrons. The molecule has 0 aliphatic carbocycles. The lowest BCUT2D eigenvalue weighted by Crippen LogP contribution is -2.28. The molecule has 0 unspecified atom stereocenters. The van der Waals surface area contributed by atoms with Crippen molar-refractivity contribution < 1.29 is 14.3 Å². The normalized spacial score (nSPS) is 10.4. The third-order valence-corrected chi connectivity index (χ3v) is 4.43. The summed E-state index contributed by atoms with van der Waals surface area (Å²) >= 11 is 1.31. The molecule has 0 radical (unpaired) electrons. The first kappa shape index (κ1) is 17.7. The molecule has 3 aromatic rings. The van der Waals surface area contributed by atoms with E-state index in [2.05, 4.69) is 20.9 Å². The Morgan fingerprint density at radius 1 is 1.15 bits per heavy atom. The van der Waals surface area contributed by atoms with Crippen LogP contribution in [0.25, 0.3) is 10.2 Å². The number of carbonyl (C=O) groups excluding carboxylic acids is 2. The number of aromatic nitrogens is 1. The van der Waals surface area contributed by atoms with E-state index < -0.39 is 0 Å².